The molecule has 8 nitrogen and oxygen atoms in total. The fourth-order valence-electron chi connectivity index (χ4n) is 6.85. The topological polar surface area (TPSA) is 87.5 Å². The van der Waals surface area contributed by atoms with E-state index in [0.717, 1.165) is 43.4 Å². The first-order valence-corrected chi connectivity index (χ1v) is 15.6. The molecule has 2 aliphatic heterocycles. The third kappa shape index (κ3) is 5.69. The first-order chi connectivity index (χ1) is 20.4. The van der Waals surface area contributed by atoms with Crippen LogP contribution in [0.15, 0.2) is 48.5 Å². The van der Waals surface area contributed by atoms with Crippen LogP contribution in [0.1, 0.15) is 101 Å². The molecule has 43 heavy (non-hydrogen) atoms. The number of carbonyl (C=O) groups excluding carboxylic acids is 3. The van der Waals surface area contributed by atoms with Crippen molar-refractivity contribution in [1.82, 2.24) is 24.9 Å². The average molecular weight is 602 g/mol. The van der Waals surface area contributed by atoms with Gasteiger partial charge in [0.05, 0.1) is 22.3 Å². The Bertz CT molecular complexity index is 1580. The molecule has 2 fully saturated rings. The Morgan fingerprint density at radius 1 is 0.953 bits per heavy atom. The zero-order valence-corrected chi connectivity index (χ0v) is 26.2. The highest BCUT2D eigenvalue weighted by Gasteiger charge is 2.43. The zero-order valence-electron chi connectivity index (χ0n) is 25.5. The van der Waals surface area contributed by atoms with Gasteiger partial charge in [-0.3, -0.25) is 19.1 Å². The van der Waals surface area contributed by atoms with Crippen LogP contribution in [0.5, 0.6) is 0 Å². The number of amides is 3. The van der Waals surface area contributed by atoms with Crippen LogP contribution in [0, 0.1) is 5.41 Å². The molecule has 2 aromatic carbocycles. The molecule has 1 atom stereocenters. The maximum atomic E-state index is 13.7. The highest BCUT2D eigenvalue weighted by Crippen LogP contribution is 2.41. The van der Waals surface area contributed by atoms with Gasteiger partial charge < -0.3 is 15.1 Å². The van der Waals surface area contributed by atoms with Crippen LogP contribution >= 0.6 is 11.6 Å². The molecule has 6 rings (SSSR count). The van der Waals surface area contributed by atoms with Gasteiger partial charge >= 0.3 is 0 Å². The predicted molar refractivity (Wildman–Crippen MR) is 166 cm³/mol. The Labute approximate surface area is 258 Å². The molecule has 1 N–H and O–H groups in total. The first-order valence-electron chi connectivity index (χ1n) is 15.3. The molecule has 3 aliphatic rings. The molecule has 226 valence electrons. The van der Waals surface area contributed by atoms with E-state index in [1.807, 2.05) is 41.1 Å². The number of piperidine rings is 1. The summed E-state index contributed by atoms with van der Waals surface area (Å²) in [6, 6.07) is 14.7. The van der Waals surface area contributed by atoms with E-state index in [0.29, 0.717) is 48.0 Å². The molecular formula is C34H40ClN5O3. The van der Waals surface area contributed by atoms with Crippen LogP contribution < -0.4 is 5.32 Å². The van der Waals surface area contributed by atoms with Gasteiger partial charge in [0, 0.05) is 44.2 Å². The fourth-order valence-corrected chi connectivity index (χ4v) is 7.07. The van der Waals surface area contributed by atoms with Crippen molar-refractivity contribution >= 4 is 29.3 Å². The number of carbonyl (C=O) groups is 3. The summed E-state index contributed by atoms with van der Waals surface area (Å²) in [4.78, 5) is 43.9. The third-order valence-corrected chi connectivity index (χ3v) is 9.93. The Morgan fingerprint density at radius 2 is 1.65 bits per heavy atom. The summed E-state index contributed by atoms with van der Waals surface area (Å²) in [6.45, 7) is 9.09. The molecule has 1 unspecified atom stereocenters. The molecule has 0 radical (unpaired) electrons. The molecule has 3 amide bonds. The van der Waals surface area contributed by atoms with Crippen molar-refractivity contribution in [3.05, 3.63) is 87.2 Å². The lowest BCUT2D eigenvalue weighted by Gasteiger charge is -2.39. The number of halogens is 1. The Morgan fingerprint density at radius 3 is 2.33 bits per heavy atom. The lowest BCUT2D eigenvalue weighted by Crippen LogP contribution is -2.45. The molecule has 1 spiro atoms. The minimum atomic E-state index is -0.204. The molecule has 1 aromatic heterocycles. The maximum absolute atomic E-state index is 13.7. The smallest absolute Gasteiger partial charge is 0.272 e. The van der Waals surface area contributed by atoms with Gasteiger partial charge in [-0.2, -0.15) is 5.10 Å². The summed E-state index contributed by atoms with van der Waals surface area (Å²) in [7, 11) is 1.84. The second kappa shape index (κ2) is 11.1. The summed E-state index contributed by atoms with van der Waals surface area (Å²) in [6.07, 6.45) is 4.36. The van der Waals surface area contributed by atoms with Crippen molar-refractivity contribution in [1.29, 1.82) is 0 Å². The van der Waals surface area contributed by atoms with Crippen LogP contribution in [0.2, 0.25) is 5.02 Å². The molecule has 3 aromatic rings. The normalized spacial score (nSPS) is 19.5. The van der Waals surface area contributed by atoms with Gasteiger partial charge in [-0.25, -0.2) is 0 Å². The molecule has 0 bridgehead atoms. The van der Waals surface area contributed by atoms with Crippen molar-refractivity contribution in [2.45, 2.75) is 64.3 Å². The van der Waals surface area contributed by atoms with Crippen LogP contribution in [-0.2, 0) is 18.9 Å². The molecule has 2 saturated heterocycles. The maximum Gasteiger partial charge on any atom is 0.272 e. The van der Waals surface area contributed by atoms with Crippen LogP contribution in [0.25, 0.3) is 0 Å². The lowest BCUT2D eigenvalue weighted by molar-refractivity contribution is 0.0556. The second-order valence-corrected chi connectivity index (χ2v) is 13.9. The van der Waals surface area contributed by atoms with Crippen LogP contribution in [-0.4, -0.2) is 63.5 Å². The van der Waals surface area contributed by atoms with Gasteiger partial charge in [-0.1, -0.05) is 50.6 Å². The minimum Gasteiger partial charge on any atom is -0.345 e. The SMILES string of the molecule is Cn1nc(C(C)(C)C)cc1C(=O)N1CCC2(CCN(C(=O)c3ccc4c(c3)C(NC(=O)c3ccccc3Cl)CC4)C2)CC1. The standard InChI is InChI=1S/C34H40ClN5O3/c1-33(2,3)29-20-28(38(4)37-29)32(43)39-16-13-34(14-17-39)15-18-40(21-34)31(42)23-10-9-22-11-12-27(25(22)19-23)36-30(41)24-7-5-6-8-26(24)35/h5-10,19-20,27H,11-18,21H2,1-4H3,(H,36,41). The van der Waals surface area contributed by atoms with Crippen LogP contribution in [0.4, 0.5) is 0 Å². The van der Waals surface area contributed by atoms with Crippen molar-refractivity contribution in [2.24, 2.45) is 12.5 Å². The van der Waals surface area contributed by atoms with Crippen molar-refractivity contribution in [2.75, 3.05) is 26.2 Å². The fraction of sp³-hybridized carbons (Fsp3) is 0.471. The van der Waals surface area contributed by atoms with E-state index in [9.17, 15) is 14.4 Å². The van der Waals surface area contributed by atoms with Crippen molar-refractivity contribution in [3.8, 4) is 0 Å². The van der Waals surface area contributed by atoms with Gasteiger partial charge in [-0.05, 0) is 79.0 Å². The van der Waals surface area contributed by atoms with Gasteiger partial charge in [0.2, 0.25) is 0 Å². The zero-order chi connectivity index (χ0) is 30.5. The molecule has 1 aliphatic carbocycles. The Balaban J connectivity index is 1.09. The van der Waals surface area contributed by atoms with E-state index in [1.165, 1.54) is 5.56 Å². The van der Waals surface area contributed by atoms with Gasteiger partial charge in [0.25, 0.3) is 17.7 Å². The Hall–Kier alpha value is -3.65. The number of rotatable bonds is 4. The minimum absolute atomic E-state index is 0.0283. The van der Waals surface area contributed by atoms with Gasteiger partial charge in [0.1, 0.15) is 5.69 Å². The summed E-state index contributed by atoms with van der Waals surface area (Å²) < 4.78 is 1.70. The first kappa shape index (κ1) is 29.4. The lowest BCUT2D eigenvalue weighted by atomic mass is 9.77. The van der Waals surface area contributed by atoms with Crippen molar-refractivity contribution < 1.29 is 14.4 Å². The second-order valence-electron chi connectivity index (χ2n) is 13.5. The Kier molecular flexibility index (Phi) is 7.61. The van der Waals surface area contributed by atoms with E-state index < -0.39 is 0 Å². The summed E-state index contributed by atoms with van der Waals surface area (Å²) in [5.74, 6) is -0.143. The number of fused-ring (bicyclic) bond motifs is 1. The molecule has 9 heteroatoms. The van der Waals surface area contributed by atoms with Gasteiger partial charge in [-0.15, -0.1) is 0 Å². The van der Waals surface area contributed by atoms with E-state index >= 15 is 0 Å². The largest absolute Gasteiger partial charge is 0.345 e. The monoisotopic (exact) mass is 601 g/mol. The number of aryl methyl sites for hydroxylation is 2. The molecular weight excluding hydrogens is 562 g/mol. The number of nitrogens with one attached hydrogen (secondary N) is 1. The highest BCUT2D eigenvalue weighted by atomic mass is 35.5. The summed E-state index contributed by atoms with van der Waals surface area (Å²) in [5.41, 5.74) is 4.75. The highest BCUT2D eigenvalue weighted by molar-refractivity contribution is 6.33. The van der Waals surface area contributed by atoms with E-state index in [2.05, 4.69) is 31.2 Å². The number of likely N-dealkylation sites (tertiary alicyclic amines) is 2. The van der Waals surface area contributed by atoms with Gasteiger partial charge in [0.15, 0.2) is 0 Å². The van der Waals surface area contributed by atoms with E-state index in [4.69, 9.17) is 11.6 Å². The quantitative estimate of drug-likeness (QED) is 0.424. The molecule has 3 heterocycles. The van der Waals surface area contributed by atoms with Crippen LogP contribution in [0.3, 0.4) is 0 Å². The summed E-state index contributed by atoms with van der Waals surface area (Å²) >= 11 is 6.25. The van der Waals surface area contributed by atoms with E-state index in [1.54, 1.807) is 28.9 Å². The predicted octanol–water partition coefficient (Wildman–Crippen LogP) is 5.56. The number of benzene rings is 2. The number of nitrogens with zero attached hydrogens (tertiary/aromatic N) is 4. The van der Waals surface area contributed by atoms with E-state index in [-0.39, 0.29) is 34.6 Å². The number of hydrogen-bond acceptors (Lipinski definition) is 4. The number of hydrogen-bond donors (Lipinski definition) is 1. The third-order valence-electron chi connectivity index (χ3n) is 9.60. The summed E-state index contributed by atoms with van der Waals surface area (Å²) in [5, 5.41) is 8.13. The average Bonchev–Trinajstić information content (AvgIpc) is 3.70. The number of aromatic nitrogens is 2. The van der Waals surface area contributed by atoms with Crippen molar-refractivity contribution in [3.63, 3.8) is 0 Å². The molecule has 0 saturated carbocycles.